The highest BCUT2D eigenvalue weighted by atomic mass is 16.5. The van der Waals surface area contributed by atoms with Crippen molar-refractivity contribution in [2.45, 2.75) is 38.6 Å². The van der Waals surface area contributed by atoms with Gasteiger partial charge in [-0.25, -0.2) is 0 Å². The van der Waals surface area contributed by atoms with Crippen LogP contribution in [0, 0.1) is 0 Å². The van der Waals surface area contributed by atoms with E-state index < -0.39 is 0 Å². The van der Waals surface area contributed by atoms with E-state index in [9.17, 15) is 0 Å². The van der Waals surface area contributed by atoms with Gasteiger partial charge >= 0.3 is 0 Å². The molecule has 3 nitrogen and oxygen atoms in total. The van der Waals surface area contributed by atoms with Crippen LogP contribution in [-0.2, 0) is 6.42 Å². The molecule has 106 valence electrons. The maximum atomic E-state index is 5.96. The Bertz CT molecular complexity index is 358. The smallest absolute Gasteiger partial charge is 0.119 e. The van der Waals surface area contributed by atoms with Gasteiger partial charge in [-0.05, 0) is 57.0 Å². The number of likely N-dealkylation sites (tertiary alicyclic amines) is 1. The largest absolute Gasteiger partial charge is 0.494 e. The molecule has 1 aliphatic rings. The van der Waals surface area contributed by atoms with Gasteiger partial charge in [0.25, 0.3) is 0 Å². The third-order valence-electron chi connectivity index (χ3n) is 3.88. The van der Waals surface area contributed by atoms with Crippen molar-refractivity contribution in [3.8, 4) is 5.75 Å². The minimum absolute atomic E-state index is 0.484. The third kappa shape index (κ3) is 4.22. The summed E-state index contributed by atoms with van der Waals surface area (Å²) in [6.07, 6.45) is 5.05. The molecule has 0 spiro atoms. The molecule has 1 aromatic rings. The molecule has 1 fully saturated rings. The van der Waals surface area contributed by atoms with Crippen molar-refractivity contribution in [2.24, 2.45) is 5.73 Å². The van der Waals surface area contributed by atoms with Gasteiger partial charge in [0.15, 0.2) is 0 Å². The van der Waals surface area contributed by atoms with Crippen LogP contribution in [0.2, 0.25) is 0 Å². The number of ether oxygens (including phenoxy) is 1. The fraction of sp³-hybridized carbons (Fsp3) is 0.625. The van der Waals surface area contributed by atoms with Crippen molar-refractivity contribution < 1.29 is 4.74 Å². The average molecular weight is 262 g/mol. The van der Waals surface area contributed by atoms with Gasteiger partial charge in [0, 0.05) is 12.6 Å². The number of rotatable bonds is 6. The van der Waals surface area contributed by atoms with Gasteiger partial charge in [-0.2, -0.15) is 0 Å². The summed E-state index contributed by atoms with van der Waals surface area (Å²) in [6, 6.07) is 8.93. The van der Waals surface area contributed by atoms with Crippen molar-refractivity contribution in [1.29, 1.82) is 0 Å². The Morgan fingerprint density at radius 1 is 1.16 bits per heavy atom. The predicted octanol–water partition coefficient (Wildman–Crippen LogP) is 2.44. The molecule has 0 aromatic heterocycles. The molecule has 1 aromatic carbocycles. The third-order valence-corrected chi connectivity index (χ3v) is 3.88. The van der Waals surface area contributed by atoms with Gasteiger partial charge in [0.2, 0.25) is 0 Å². The summed E-state index contributed by atoms with van der Waals surface area (Å²) in [7, 11) is 0. The average Bonchev–Trinajstić information content (AvgIpc) is 2.48. The number of nitrogens with two attached hydrogens (primary N) is 1. The standard InChI is InChI=1S/C16H26N2O/c1-2-19-16-8-6-14(7-9-16)12-15(13-17)18-10-4-3-5-11-18/h6-9,15H,2-5,10-13,17H2,1H3. The Morgan fingerprint density at radius 3 is 2.42 bits per heavy atom. The van der Waals surface area contributed by atoms with Gasteiger partial charge in [0.1, 0.15) is 5.75 Å². The molecule has 3 heteroatoms. The molecule has 1 heterocycles. The lowest BCUT2D eigenvalue weighted by atomic mass is 10.0. The molecule has 1 aliphatic heterocycles. The number of hydrogen-bond donors (Lipinski definition) is 1. The predicted molar refractivity (Wildman–Crippen MR) is 79.6 cm³/mol. The second-order valence-electron chi connectivity index (χ2n) is 5.27. The number of piperidine rings is 1. The zero-order valence-corrected chi connectivity index (χ0v) is 12.0. The maximum Gasteiger partial charge on any atom is 0.119 e. The molecule has 0 amide bonds. The zero-order chi connectivity index (χ0) is 13.5. The summed E-state index contributed by atoms with van der Waals surface area (Å²) in [4.78, 5) is 2.56. The Balaban J connectivity index is 1.93. The maximum absolute atomic E-state index is 5.96. The van der Waals surface area contributed by atoms with Crippen LogP contribution in [0.25, 0.3) is 0 Å². The van der Waals surface area contributed by atoms with E-state index in [1.54, 1.807) is 0 Å². The fourth-order valence-electron chi connectivity index (χ4n) is 2.81. The molecule has 0 bridgehead atoms. The minimum atomic E-state index is 0.484. The highest BCUT2D eigenvalue weighted by Crippen LogP contribution is 2.17. The lowest BCUT2D eigenvalue weighted by Gasteiger charge is -2.34. The SMILES string of the molecule is CCOc1ccc(CC(CN)N2CCCCC2)cc1. The molecule has 1 saturated heterocycles. The monoisotopic (exact) mass is 262 g/mol. The fourth-order valence-corrected chi connectivity index (χ4v) is 2.81. The van der Waals surface area contributed by atoms with Crippen molar-refractivity contribution >= 4 is 0 Å². The van der Waals surface area contributed by atoms with E-state index in [2.05, 4.69) is 29.2 Å². The Labute approximate surface area is 116 Å². The molecule has 1 atom stereocenters. The number of hydrogen-bond acceptors (Lipinski definition) is 3. The van der Waals surface area contributed by atoms with E-state index in [1.807, 2.05) is 6.92 Å². The summed E-state index contributed by atoms with van der Waals surface area (Å²) >= 11 is 0. The van der Waals surface area contributed by atoms with Crippen LogP contribution in [0.5, 0.6) is 5.75 Å². The number of nitrogens with zero attached hydrogens (tertiary/aromatic N) is 1. The first-order valence-corrected chi connectivity index (χ1v) is 7.49. The highest BCUT2D eigenvalue weighted by molar-refractivity contribution is 5.27. The molecule has 1 unspecified atom stereocenters. The second-order valence-corrected chi connectivity index (χ2v) is 5.27. The Hall–Kier alpha value is -1.06. The Kier molecular flexibility index (Phi) is 5.67. The first kappa shape index (κ1) is 14.4. The molecule has 19 heavy (non-hydrogen) atoms. The second kappa shape index (κ2) is 7.51. The van der Waals surface area contributed by atoms with Gasteiger partial charge in [-0.3, -0.25) is 4.90 Å². The van der Waals surface area contributed by atoms with Crippen LogP contribution in [0.4, 0.5) is 0 Å². The first-order valence-electron chi connectivity index (χ1n) is 7.49. The molecular formula is C16H26N2O. The first-order chi connectivity index (χ1) is 9.33. The van der Waals surface area contributed by atoms with Crippen LogP contribution in [0.15, 0.2) is 24.3 Å². The van der Waals surface area contributed by atoms with E-state index in [4.69, 9.17) is 10.5 Å². The van der Waals surface area contributed by atoms with Crippen LogP contribution < -0.4 is 10.5 Å². The van der Waals surface area contributed by atoms with Crippen molar-refractivity contribution in [1.82, 2.24) is 4.90 Å². The summed E-state index contributed by atoms with van der Waals surface area (Å²) in [5, 5.41) is 0. The summed E-state index contributed by atoms with van der Waals surface area (Å²) in [6.45, 7) is 5.89. The van der Waals surface area contributed by atoms with Crippen molar-refractivity contribution in [3.05, 3.63) is 29.8 Å². The van der Waals surface area contributed by atoms with Crippen molar-refractivity contribution in [2.75, 3.05) is 26.2 Å². The van der Waals surface area contributed by atoms with Crippen LogP contribution >= 0.6 is 0 Å². The molecule has 2 rings (SSSR count). The normalized spacial score (nSPS) is 18.2. The van der Waals surface area contributed by atoms with E-state index in [0.717, 1.165) is 25.3 Å². The molecule has 2 N–H and O–H groups in total. The topological polar surface area (TPSA) is 38.5 Å². The van der Waals surface area contributed by atoms with Crippen LogP contribution in [0.3, 0.4) is 0 Å². The van der Waals surface area contributed by atoms with Gasteiger partial charge < -0.3 is 10.5 Å². The molecular weight excluding hydrogens is 236 g/mol. The lowest BCUT2D eigenvalue weighted by molar-refractivity contribution is 0.166. The Morgan fingerprint density at radius 2 is 1.84 bits per heavy atom. The van der Waals surface area contributed by atoms with Gasteiger partial charge in [-0.15, -0.1) is 0 Å². The van der Waals surface area contributed by atoms with Gasteiger partial charge in [0.05, 0.1) is 6.61 Å². The summed E-state index contributed by atoms with van der Waals surface area (Å²) in [5.41, 5.74) is 7.31. The lowest BCUT2D eigenvalue weighted by Crippen LogP contribution is -2.44. The van der Waals surface area contributed by atoms with Crippen LogP contribution in [-0.4, -0.2) is 37.2 Å². The summed E-state index contributed by atoms with van der Waals surface area (Å²) in [5.74, 6) is 0.952. The van der Waals surface area contributed by atoms with E-state index in [-0.39, 0.29) is 0 Å². The zero-order valence-electron chi connectivity index (χ0n) is 12.0. The van der Waals surface area contributed by atoms with E-state index >= 15 is 0 Å². The van der Waals surface area contributed by atoms with E-state index in [1.165, 1.54) is 37.9 Å². The van der Waals surface area contributed by atoms with Crippen LogP contribution in [0.1, 0.15) is 31.7 Å². The molecule has 0 saturated carbocycles. The van der Waals surface area contributed by atoms with E-state index in [0.29, 0.717) is 6.04 Å². The quantitative estimate of drug-likeness (QED) is 0.856. The summed E-state index contributed by atoms with van der Waals surface area (Å²) < 4.78 is 5.47. The molecule has 0 radical (unpaired) electrons. The number of benzene rings is 1. The minimum Gasteiger partial charge on any atom is -0.494 e. The molecule has 0 aliphatic carbocycles. The van der Waals surface area contributed by atoms with Gasteiger partial charge in [-0.1, -0.05) is 18.6 Å². The highest BCUT2D eigenvalue weighted by Gasteiger charge is 2.19. The van der Waals surface area contributed by atoms with Crippen molar-refractivity contribution in [3.63, 3.8) is 0 Å².